The van der Waals surface area contributed by atoms with Gasteiger partial charge in [-0.25, -0.2) is 4.68 Å². The normalized spacial score (nSPS) is 12.4. The zero-order chi connectivity index (χ0) is 15.4. The fraction of sp³-hybridized carbons (Fsp3) is 0.467. The molecule has 2 aromatic rings. The van der Waals surface area contributed by atoms with Crippen LogP contribution in [0.15, 0.2) is 22.8 Å². The van der Waals surface area contributed by atoms with Crippen molar-refractivity contribution < 1.29 is 4.74 Å². The Kier molecular flexibility index (Phi) is 5.36. The van der Waals surface area contributed by atoms with E-state index in [9.17, 15) is 0 Å². The molecule has 1 aromatic carbocycles. The molecule has 0 aliphatic rings. The molecule has 1 N–H and O–H groups in total. The Morgan fingerprint density at radius 1 is 1.43 bits per heavy atom. The van der Waals surface area contributed by atoms with Gasteiger partial charge >= 0.3 is 0 Å². The fourth-order valence-electron chi connectivity index (χ4n) is 2.34. The number of ether oxygens (including phenoxy) is 1. The summed E-state index contributed by atoms with van der Waals surface area (Å²) < 4.78 is 8.10. The minimum Gasteiger partial charge on any atom is -0.496 e. The van der Waals surface area contributed by atoms with Gasteiger partial charge in [-0.2, -0.15) is 0 Å². The lowest BCUT2D eigenvalue weighted by atomic mass is 10.0. The van der Waals surface area contributed by atoms with Crippen molar-refractivity contribution in [2.24, 2.45) is 7.05 Å². The molecule has 114 valence electrons. The molecule has 0 spiro atoms. The first-order valence-corrected chi connectivity index (χ1v) is 7.80. The van der Waals surface area contributed by atoms with E-state index in [1.807, 2.05) is 13.1 Å². The summed E-state index contributed by atoms with van der Waals surface area (Å²) in [6, 6.07) is 6.22. The van der Waals surface area contributed by atoms with E-state index in [0.717, 1.165) is 34.6 Å². The smallest absolute Gasteiger partial charge is 0.153 e. The summed E-state index contributed by atoms with van der Waals surface area (Å²) in [5.41, 5.74) is 3.25. The molecule has 0 radical (unpaired) electrons. The van der Waals surface area contributed by atoms with Gasteiger partial charge in [0.1, 0.15) is 5.75 Å². The Balaban J connectivity index is 2.50. The molecule has 2 rings (SSSR count). The molecule has 1 heterocycles. The van der Waals surface area contributed by atoms with Crippen LogP contribution in [0.1, 0.15) is 36.2 Å². The number of rotatable bonds is 6. The summed E-state index contributed by atoms with van der Waals surface area (Å²) >= 11 is 3.49. The van der Waals surface area contributed by atoms with E-state index in [0.29, 0.717) is 0 Å². The number of nitrogens with zero attached hydrogens (tertiary/aromatic N) is 3. The molecule has 0 bridgehead atoms. The highest BCUT2D eigenvalue weighted by Crippen LogP contribution is 2.33. The molecule has 0 saturated heterocycles. The Morgan fingerprint density at radius 3 is 2.76 bits per heavy atom. The zero-order valence-corrected chi connectivity index (χ0v) is 14.4. The van der Waals surface area contributed by atoms with Gasteiger partial charge in [-0.3, -0.25) is 0 Å². The molecule has 5 nitrogen and oxygen atoms in total. The maximum atomic E-state index is 5.56. The van der Waals surface area contributed by atoms with Crippen molar-refractivity contribution in [2.45, 2.75) is 26.3 Å². The first kappa shape index (κ1) is 16.0. The van der Waals surface area contributed by atoms with E-state index >= 15 is 0 Å². The number of halogens is 1. The molecule has 0 fully saturated rings. The Morgan fingerprint density at radius 2 is 2.19 bits per heavy atom. The molecule has 0 amide bonds. The topological polar surface area (TPSA) is 52.0 Å². The van der Waals surface area contributed by atoms with Crippen LogP contribution < -0.4 is 10.1 Å². The third-order valence-electron chi connectivity index (χ3n) is 3.40. The average molecular weight is 353 g/mol. The van der Waals surface area contributed by atoms with E-state index < -0.39 is 0 Å². The number of nitrogens with one attached hydrogen (secondary N) is 1. The van der Waals surface area contributed by atoms with Crippen LogP contribution in [0.5, 0.6) is 5.75 Å². The van der Waals surface area contributed by atoms with Crippen LogP contribution in [0.25, 0.3) is 0 Å². The first-order valence-electron chi connectivity index (χ1n) is 7.01. The summed E-state index contributed by atoms with van der Waals surface area (Å²) in [4.78, 5) is 0. The minimum atomic E-state index is -0.0186. The second-order valence-electron chi connectivity index (χ2n) is 5.02. The summed E-state index contributed by atoms with van der Waals surface area (Å²) in [7, 11) is 3.60. The SMILES string of the molecule is CCCNC(c1ccc(C)cc1OC)c1c(Br)nnn1C. The van der Waals surface area contributed by atoms with Crippen LogP contribution in [0, 0.1) is 6.92 Å². The quantitative estimate of drug-likeness (QED) is 0.868. The highest BCUT2D eigenvalue weighted by atomic mass is 79.9. The van der Waals surface area contributed by atoms with Crippen LogP contribution in [-0.2, 0) is 7.05 Å². The summed E-state index contributed by atoms with van der Waals surface area (Å²) in [5.74, 6) is 0.872. The number of benzene rings is 1. The van der Waals surface area contributed by atoms with Crippen LogP contribution in [-0.4, -0.2) is 28.6 Å². The van der Waals surface area contributed by atoms with Crippen LogP contribution in [0.3, 0.4) is 0 Å². The largest absolute Gasteiger partial charge is 0.496 e. The monoisotopic (exact) mass is 352 g/mol. The number of hydrogen-bond acceptors (Lipinski definition) is 4. The molecule has 6 heteroatoms. The van der Waals surface area contributed by atoms with Crippen molar-refractivity contribution in [1.82, 2.24) is 20.3 Å². The summed E-state index contributed by atoms with van der Waals surface area (Å²) in [6.45, 7) is 5.11. The van der Waals surface area contributed by atoms with Gasteiger partial charge in [0.25, 0.3) is 0 Å². The van der Waals surface area contributed by atoms with E-state index in [4.69, 9.17) is 4.74 Å². The third kappa shape index (κ3) is 3.44. The van der Waals surface area contributed by atoms with Gasteiger partial charge in [-0.05, 0) is 47.4 Å². The molecule has 21 heavy (non-hydrogen) atoms. The number of aryl methyl sites for hydroxylation is 2. The van der Waals surface area contributed by atoms with Gasteiger partial charge < -0.3 is 10.1 Å². The van der Waals surface area contributed by atoms with Gasteiger partial charge in [0.15, 0.2) is 4.60 Å². The van der Waals surface area contributed by atoms with Crippen molar-refractivity contribution in [2.75, 3.05) is 13.7 Å². The van der Waals surface area contributed by atoms with Crippen molar-refractivity contribution in [3.63, 3.8) is 0 Å². The molecule has 0 saturated carbocycles. The lowest BCUT2D eigenvalue weighted by Crippen LogP contribution is -2.26. The Hall–Kier alpha value is -1.40. The summed E-state index contributed by atoms with van der Waals surface area (Å²) in [5, 5.41) is 11.7. The third-order valence-corrected chi connectivity index (χ3v) is 3.96. The lowest BCUT2D eigenvalue weighted by Gasteiger charge is -2.22. The van der Waals surface area contributed by atoms with E-state index in [1.54, 1.807) is 11.8 Å². The number of aromatic nitrogens is 3. The number of hydrogen-bond donors (Lipinski definition) is 1. The van der Waals surface area contributed by atoms with Gasteiger partial charge in [-0.1, -0.05) is 24.3 Å². The second kappa shape index (κ2) is 7.04. The van der Waals surface area contributed by atoms with E-state index in [-0.39, 0.29) is 6.04 Å². The van der Waals surface area contributed by atoms with Gasteiger partial charge in [-0.15, -0.1) is 5.10 Å². The lowest BCUT2D eigenvalue weighted by molar-refractivity contribution is 0.401. The average Bonchev–Trinajstić information content (AvgIpc) is 2.80. The molecule has 0 aliphatic heterocycles. The van der Waals surface area contributed by atoms with Gasteiger partial charge in [0, 0.05) is 12.6 Å². The Labute approximate surface area is 133 Å². The van der Waals surface area contributed by atoms with Gasteiger partial charge in [0.05, 0.1) is 18.8 Å². The Bertz CT molecular complexity index is 592. The first-order chi connectivity index (χ1) is 10.1. The van der Waals surface area contributed by atoms with E-state index in [1.165, 1.54) is 5.56 Å². The van der Waals surface area contributed by atoms with Crippen LogP contribution in [0.4, 0.5) is 0 Å². The maximum absolute atomic E-state index is 5.56. The van der Waals surface area contributed by atoms with E-state index in [2.05, 4.69) is 57.5 Å². The molecule has 0 aliphatic carbocycles. The summed E-state index contributed by atoms with van der Waals surface area (Å²) in [6.07, 6.45) is 1.05. The van der Waals surface area contributed by atoms with Crippen LogP contribution >= 0.6 is 15.9 Å². The highest BCUT2D eigenvalue weighted by Gasteiger charge is 2.24. The molecule has 1 aromatic heterocycles. The molecular formula is C15H21BrN4O. The zero-order valence-electron chi connectivity index (χ0n) is 12.9. The molecular weight excluding hydrogens is 332 g/mol. The predicted octanol–water partition coefficient (Wildman–Crippen LogP) is 2.98. The number of methoxy groups -OCH3 is 1. The van der Waals surface area contributed by atoms with Crippen molar-refractivity contribution >= 4 is 15.9 Å². The van der Waals surface area contributed by atoms with Crippen molar-refractivity contribution in [1.29, 1.82) is 0 Å². The predicted molar refractivity (Wildman–Crippen MR) is 86.6 cm³/mol. The molecule has 1 atom stereocenters. The highest BCUT2D eigenvalue weighted by molar-refractivity contribution is 9.10. The van der Waals surface area contributed by atoms with Crippen molar-refractivity contribution in [3.8, 4) is 5.75 Å². The van der Waals surface area contributed by atoms with Gasteiger partial charge in [0.2, 0.25) is 0 Å². The minimum absolute atomic E-state index is 0.0186. The van der Waals surface area contributed by atoms with Crippen LogP contribution in [0.2, 0.25) is 0 Å². The van der Waals surface area contributed by atoms with Crippen molar-refractivity contribution in [3.05, 3.63) is 39.6 Å². The fourth-order valence-corrected chi connectivity index (χ4v) is 2.90. The molecule has 1 unspecified atom stereocenters. The second-order valence-corrected chi connectivity index (χ2v) is 5.77. The maximum Gasteiger partial charge on any atom is 0.153 e. The standard InChI is InChI=1S/C15H21BrN4O/c1-5-8-17-13(14-15(16)18-19-20(14)3)11-7-6-10(2)9-12(11)21-4/h6-7,9,13,17H,5,8H2,1-4H3.